The van der Waals surface area contributed by atoms with Crippen LogP contribution in [0.3, 0.4) is 0 Å². The molecule has 1 unspecified atom stereocenters. The third kappa shape index (κ3) is 4.99. The fourth-order valence-electron chi connectivity index (χ4n) is 5.52. The van der Waals surface area contributed by atoms with Gasteiger partial charge in [-0.25, -0.2) is 8.42 Å². The second-order valence-corrected chi connectivity index (χ2v) is 11.6. The van der Waals surface area contributed by atoms with E-state index in [1.54, 1.807) is 0 Å². The van der Waals surface area contributed by atoms with Gasteiger partial charge in [0.1, 0.15) is 5.60 Å². The minimum atomic E-state index is -2.90. The Bertz CT molecular complexity index is 1140. The van der Waals surface area contributed by atoms with E-state index in [4.69, 9.17) is 14.6 Å². The molecule has 0 radical (unpaired) electrons. The highest BCUT2D eigenvalue weighted by Crippen LogP contribution is 2.43. The van der Waals surface area contributed by atoms with Crippen LogP contribution >= 0.6 is 0 Å². The minimum Gasteiger partial charge on any atom is -0.483 e. The summed E-state index contributed by atoms with van der Waals surface area (Å²) in [4.78, 5) is 28.8. The van der Waals surface area contributed by atoms with Crippen molar-refractivity contribution in [3.63, 3.8) is 0 Å². The van der Waals surface area contributed by atoms with Crippen molar-refractivity contribution in [2.24, 2.45) is 0 Å². The molecule has 2 N–H and O–H groups in total. The number of amides is 1. The van der Waals surface area contributed by atoms with Gasteiger partial charge in [-0.1, -0.05) is 18.2 Å². The van der Waals surface area contributed by atoms with Crippen molar-refractivity contribution in [3.05, 3.63) is 35.5 Å². The number of hydrogen-bond acceptors (Lipinski definition) is 6. The normalized spacial score (nSPS) is 22.9. The van der Waals surface area contributed by atoms with Gasteiger partial charge in [-0.2, -0.15) is 0 Å². The molecule has 0 saturated carbocycles. The topological polar surface area (TPSA) is 120 Å². The number of nitrogens with zero attached hydrogens (tertiary/aromatic N) is 2. The van der Waals surface area contributed by atoms with Gasteiger partial charge in [0, 0.05) is 43.0 Å². The van der Waals surface area contributed by atoms with E-state index in [0.717, 1.165) is 31.4 Å². The average molecular weight is 492 g/mol. The van der Waals surface area contributed by atoms with Crippen molar-refractivity contribution in [2.75, 3.05) is 44.8 Å². The van der Waals surface area contributed by atoms with Crippen LogP contribution in [-0.2, 0) is 36.2 Å². The monoisotopic (exact) mass is 491 g/mol. The van der Waals surface area contributed by atoms with Crippen molar-refractivity contribution in [1.82, 2.24) is 14.8 Å². The lowest BCUT2D eigenvalue weighted by Gasteiger charge is -2.44. The van der Waals surface area contributed by atoms with E-state index in [1.807, 2.05) is 16.8 Å². The first-order valence-electron chi connectivity index (χ1n) is 11.8. The lowest BCUT2D eigenvalue weighted by molar-refractivity contribution is -0.141. The molecule has 34 heavy (non-hydrogen) atoms. The number of H-pyrrole nitrogens is 1. The second kappa shape index (κ2) is 10.1. The summed E-state index contributed by atoms with van der Waals surface area (Å²) in [5, 5.41) is 8.18. The molecule has 2 saturated heterocycles. The molecule has 5 rings (SSSR count). The van der Waals surface area contributed by atoms with Crippen molar-refractivity contribution >= 4 is 33.1 Å². The number of para-hydroxylation sites is 1. The summed E-state index contributed by atoms with van der Waals surface area (Å²) in [6, 6.07) is 8.47. The van der Waals surface area contributed by atoms with Crippen LogP contribution in [0, 0.1) is 0 Å². The Hall–Kier alpha value is -2.43. The number of rotatable bonds is 4. The van der Waals surface area contributed by atoms with Gasteiger partial charge >= 0.3 is 0 Å². The van der Waals surface area contributed by atoms with Crippen LogP contribution in [0.1, 0.15) is 36.9 Å². The number of piperidine rings is 1. The van der Waals surface area contributed by atoms with Gasteiger partial charge in [-0.3, -0.25) is 9.59 Å². The molecular formula is C24H33N3O6S. The van der Waals surface area contributed by atoms with E-state index in [2.05, 4.69) is 29.2 Å². The quantitative estimate of drug-likeness (QED) is 0.626. The summed E-state index contributed by atoms with van der Waals surface area (Å²) in [7, 11) is -0.976. The van der Waals surface area contributed by atoms with E-state index < -0.39 is 9.84 Å². The molecule has 1 aromatic carbocycles. The van der Waals surface area contributed by atoms with Gasteiger partial charge in [0.05, 0.1) is 23.8 Å². The molecule has 1 spiro atoms. The van der Waals surface area contributed by atoms with Gasteiger partial charge in [-0.15, -0.1) is 0 Å². The van der Waals surface area contributed by atoms with Crippen molar-refractivity contribution < 1.29 is 27.9 Å². The molecule has 0 bridgehead atoms. The highest BCUT2D eigenvalue weighted by molar-refractivity contribution is 7.91. The number of carbonyl (C=O) groups excluding carboxylic acids is 1. The maximum atomic E-state index is 12.8. The summed E-state index contributed by atoms with van der Waals surface area (Å²) in [6.07, 6.45) is 3.62. The number of sulfone groups is 1. The highest BCUT2D eigenvalue weighted by Gasteiger charge is 2.43. The summed E-state index contributed by atoms with van der Waals surface area (Å²) >= 11 is 0. The molecule has 2 aromatic rings. The molecular weight excluding hydrogens is 458 g/mol. The molecule has 1 atom stereocenters. The average Bonchev–Trinajstić information content (AvgIpc) is 3.39. The third-order valence-electron chi connectivity index (χ3n) is 7.43. The minimum absolute atomic E-state index is 0.0403. The summed E-state index contributed by atoms with van der Waals surface area (Å²) in [5.41, 5.74) is 3.41. The Morgan fingerprint density at radius 3 is 2.71 bits per heavy atom. The van der Waals surface area contributed by atoms with Crippen LogP contribution in [-0.4, -0.2) is 91.5 Å². The Balaban J connectivity index is 0.000000868. The number of aromatic amines is 1. The lowest BCUT2D eigenvalue weighted by Crippen LogP contribution is -2.49. The maximum Gasteiger partial charge on any atom is 0.290 e. The van der Waals surface area contributed by atoms with Crippen LogP contribution in [0.2, 0.25) is 0 Å². The standard InChI is InChI=1S/C23H31N3O4S.CH2O2/c1-25(17-8-15-31(28,29)16-17)11-6-21(27)26-12-9-23(10-13-26)22-19(7-14-30-23)18-4-2-3-5-20(18)24-22;2-1-3/h2-5,17,24H,6-16H2,1H3;1H,(H,2,3). The summed E-state index contributed by atoms with van der Waals surface area (Å²) in [5.74, 6) is 0.629. The number of benzene rings is 1. The summed E-state index contributed by atoms with van der Waals surface area (Å²) in [6.45, 7) is 2.45. The van der Waals surface area contributed by atoms with Crippen LogP contribution in [0.4, 0.5) is 0 Å². The fourth-order valence-corrected chi connectivity index (χ4v) is 7.32. The zero-order chi connectivity index (χ0) is 24.3. The molecule has 3 aliphatic heterocycles. The number of likely N-dealkylation sites (tertiary alicyclic amines) is 1. The van der Waals surface area contributed by atoms with Gasteiger partial charge in [0.2, 0.25) is 5.91 Å². The Labute approximate surface area is 200 Å². The molecule has 1 aromatic heterocycles. The molecule has 0 aliphatic carbocycles. The first kappa shape index (κ1) is 24.7. The number of carboxylic acid groups (broad SMARTS) is 1. The zero-order valence-corrected chi connectivity index (χ0v) is 20.3. The lowest BCUT2D eigenvalue weighted by atomic mass is 9.83. The molecule has 2 fully saturated rings. The van der Waals surface area contributed by atoms with Crippen LogP contribution in [0.15, 0.2) is 24.3 Å². The van der Waals surface area contributed by atoms with E-state index in [0.29, 0.717) is 32.5 Å². The molecule has 1 amide bonds. The molecule has 9 nitrogen and oxygen atoms in total. The van der Waals surface area contributed by atoms with Gasteiger partial charge in [0.25, 0.3) is 6.47 Å². The molecule has 186 valence electrons. The highest BCUT2D eigenvalue weighted by atomic mass is 32.2. The number of fused-ring (bicyclic) bond motifs is 4. The largest absolute Gasteiger partial charge is 0.483 e. The van der Waals surface area contributed by atoms with Crippen molar-refractivity contribution in [1.29, 1.82) is 0 Å². The van der Waals surface area contributed by atoms with Crippen LogP contribution < -0.4 is 0 Å². The van der Waals surface area contributed by atoms with E-state index in [-0.39, 0.29) is 35.5 Å². The van der Waals surface area contributed by atoms with Gasteiger partial charge < -0.3 is 24.6 Å². The smallest absolute Gasteiger partial charge is 0.290 e. The number of carbonyl (C=O) groups is 2. The zero-order valence-electron chi connectivity index (χ0n) is 19.5. The number of aromatic nitrogens is 1. The molecule has 4 heterocycles. The second-order valence-electron chi connectivity index (χ2n) is 9.39. The number of nitrogens with one attached hydrogen (secondary N) is 1. The van der Waals surface area contributed by atoms with Gasteiger partial charge in [0.15, 0.2) is 9.84 Å². The Morgan fingerprint density at radius 2 is 2.03 bits per heavy atom. The predicted molar refractivity (Wildman–Crippen MR) is 128 cm³/mol. The summed E-state index contributed by atoms with van der Waals surface area (Å²) < 4.78 is 29.8. The van der Waals surface area contributed by atoms with Gasteiger partial charge in [-0.05, 0) is 44.4 Å². The number of hydrogen-bond donors (Lipinski definition) is 2. The maximum absolute atomic E-state index is 12.8. The first-order valence-corrected chi connectivity index (χ1v) is 13.6. The number of ether oxygens (including phenoxy) is 1. The SMILES string of the molecule is CN(CCC(=O)N1CCC2(CC1)OCCc1c2[nH]c2ccccc12)C1CCS(=O)(=O)C1.O=CO. The predicted octanol–water partition coefficient (Wildman–Crippen LogP) is 1.77. The first-order chi connectivity index (χ1) is 16.3. The molecule has 10 heteroatoms. The Morgan fingerprint density at radius 1 is 1.32 bits per heavy atom. The van der Waals surface area contributed by atoms with E-state index in [9.17, 15) is 13.2 Å². The Kier molecular flexibility index (Phi) is 7.30. The van der Waals surface area contributed by atoms with E-state index >= 15 is 0 Å². The van der Waals surface area contributed by atoms with E-state index in [1.165, 1.54) is 16.6 Å². The van der Waals surface area contributed by atoms with Crippen molar-refractivity contribution in [2.45, 2.75) is 43.7 Å². The van der Waals surface area contributed by atoms with Crippen LogP contribution in [0.5, 0.6) is 0 Å². The van der Waals surface area contributed by atoms with Crippen molar-refractivity contribution in [3.8, 4) is 0 Å². The van der Waals surface area contributed by atoms with Crippen LogP contribution in [0.25, 0.3) is 10.9 Å². The third-order valence-corrected chi connectivity index (χ3v) is 9.18. The molecule has 3 aliphatic rings. The fraction of sp³-hybridized carbons (Fsp3) is 0.583.